The van der Waals surface area contributed by atoms with Gasteiger partial charge in [0, 0.05) is 12.1 Å². The summed E-state index contributed by atoms with van der Waals surface area (Å²) in [4.78, 5) is 38.9. The highest BCUT2D eigenvalue weighted by Gasteiger charge is 2.26. The monoisotopic (exact) mass is 748 g/mol. The summed E-state index contributed by atoms with van der Waals surface area (Å²) >= 11 is 19.6. The molecule has 4 N–H and O–H groups in total. The highest BCUT2D eigenvalue weighted by Crippen LogP contribution is 2.35. The Balaban J connectivity index is 1.46. The topological polar surface area (TPSA) is 148 Å². The first kappa shape index (κ1) is 38.7. The number of aromatic nitrogens is 3. The third-order valence-electron chi connectivity index (χ3n) is 8.28. The van der Waals surface area contributed by atoms with Gasteiger partial charge >= 0.3 is 11.9 Å². The highest BCUT2D eigenvalue weighted by molar-refractivity contribution is 6.38. The fraction of sp³-hybridized carbons (Fsp3) is 0.417. The molecule has 0 amide bonds. The first-order chi connectivity index (χ1) is 24.1. The summed E-state index contributed by atoms with van der Waals surface area (Å²) in [5, 5.41) is 26.9. The van der Waals surface area contributed by atoms with Gasteiger partial charge in [0.1, 0.15) is 5.69 Å². The molecule has 0 fully saturated rings. The minimum atomic E-state index is -0.791. The molecule has 11 nitrogen and oxygen atoms in total. The van der Waals surface area contributed by atoms with E-state index in [-0.39, 0.29) is 55.7 Å². The molecule has 0 aliphatic rings. The van der Waals surface area contributed by atoms with Crippen LogP contribution in [0.3, 0.4) is 0 Å². The number of methoxy groups -OCH3 is 1. The maximum atomic E-state index is 13.9. The molecule has 0 unspecified atom stereocenters. The maximum absolute atomic E-state index is 13.9. The van der Waals surface area contributed by atoms with Crippen molar-refractivity contribution in [2.75, 3.05) is 19.0 Å². The number of H-pyrrole nitrogens is 1. The molecular formula is C36H43Cl3N4O7. The van der Waals surface area contributed by atoms with E-state index in [4.69, 9.17) is 44.3 Å². The van der Waals surface area contributed by atoms with E-state index in [1.54, 1.807) is 0 Å². The van der Waals surface area contributed by atoms with Crippen LogP contribution in [0.2, 0.25) is 15.1 Å². The smallest absolute Gasteiger partial charge is 0.338 e. The molecule has 0 aliphatic heterocycles. The Hall–Kier alpha value is -4.06. The summed E-state index contributed by atoms with van der Waals surface area (Å²) in [6.07, 6.45) is 14.3. The number of ether oxygens (including phenoxy) is 2. The van der Waals surface area contributed by atoms with Crippen molar-refractivity contribution in [3.8, 4) is 23.1 Å². The molecule has 2 aromatic heterocycles. The van der Waals surface area contributed by atoms with E-state index in [2.05, 4.69) is 17.3 Å². The largest absolute Gasteiger partial charge is 0.494 e. The van der Waals surface area contributed by atoms with E-state index in [0.29, 0.717) is 0 Å². The number of carbonyl (C=O) groups excluding carboxylic acids is 2. The lowest BCUT2D eigenvalue weighted by Crippen LogP contribution is -2.19. The standard InChI is InChI=1S/C36H43Cl3N4O7/c1-3-4-5-6-7-8-9-10-11-12-13-14-19-50-36(48)24-20-26(38)31(27(39)21-24)43-34(46)32(42-29(44)17-18-30(42)45)33(41-43)40-28-22-23(35(47)49-2)15-16-25(28)37/h15-18,20-22,40-41,44-45H,3-14,19H2,1-2H3. The van der Waals surface area contributed by atoms with Crippen LogP contribution in [0.5, 0.6) is 11.8 Å². The number of hydrogen-bond donors (Lipinski definition) is 4. The van der Waals surface area contributed by atoms with Gasteiger partial charge in [0.25, 0.3) is 5.56 Å². The molecule has 270 valence electrons. The van der Waals surface area contributed by atoms with Crippen molar-refractivity contribution in [3.05, 3.63) is 79.0 Å². The van der Waals surface area contributed by atoms with Gasteiger partial charge in [-0.25, -0.2) is 18.8 Å². The zero-order chi connectivity index (χ0) is 36.2. The lowest BCUT2D eigenvalue weighted by molar-refractivity contribution is 0.0497. The highest BCUT2D eigenvalue weighted by atomic mass is 35.5. The number of esters is 2. The van der Waals surface area contributed by atoms with Gasteiger partial charge in [-0.3, -0.25) is 9.89 Å². The van der Waals surface area contributed by atoms with Crippen molar-refractivity contribution in [2.45, 2.75) is 84.0 Å². The van der Waals surface area contributed by atoms with E-state index in [1.165, 1.54) is 107 Å². The Morgan fingerprint density at radius 1 is 0.740 bits per heavy atom. The van der Waals surface area contributed by atoms with E-state index in [0.717, 1.165) is 28.5 Å². The lowest BCUT2D eigenvalue weighted by atomic mass is 10.1. The average molecular weight is 750 g/mol. The number of carbonyl (C=O) groups is 2. The van der Waals surface area contributed by atoms with E-state index in [1.807, 2.05) is 0 Å². The number of nitrogens with zero attached hydrogens (tertiary/aromatic N) is 2. The van der Waals surface area contributed by atoms with Crippen molar-refractivity contribution < 1.29 is 29.3 Å². The summed E-state index contributed by atoms with van der Waals surface area (Å²) in [5.74, 6) is -2.19. The van der Waals surface area contributed by atoms with Gasteiger partial charge in [-0.2, -0.15) is 0 Å². The summed E-state index contributed by atoms with van der Waals surface area (Å²) in [5.41, 5.74) is -0.595. The van der Waals surface area contributed by atoms with Crippen LogP contribution >= 0.6 is 34.8 Å². The SMILES string of the molecule is CCCCCCCCCCCCCCOC(=O)c1cc(Cl)c(-n2[nH]c(Nc3cc(C(=O)OC)ccc3Cl)c(-n3c(O)ccc3O)c2=O)c(Cl)c1. The number of anilines is 2. The van der Waals surface area contributed by atoms with Crippen LogP contribution in [0.1, 0.15) is 105 Å². The molecule has 50 heavy (non-hydrogen) atoms. The first-order valence-electron chi connectivity index (χ1n) is 16.8. The van der Waals surface area contributed by atoms with Crippen molar-refractivity contribution in [3.63, 3.8) is 0 Å². The molecule has 0 aliphatic carbocycles. The second-order valence-electron chi connectivity index (χ2n) is 12.0. The Morgan fingerprint density at radius 2 is 1.30 bits per heavy atom. The molecule has 0 radical (unpaired) electrons. The molecule has 2 aromatic carbocycles. The molecule has 4 aromatic rings. The third kappa shape index (κ3) is 9.80. The van der Waals surface area contributed by atoms with Gasteiger partial charge in [-0.1, -0.05) is 112 Å². The first-order valence-corrected chi connectivity index (χ1v) is 18.0. The summed E-state index contributed by atoms with van der Waals surface area (Å²) in [6.45, 7) is 2.49. The molecular weight excluding hydrogens is 707 g/mol. The predicted molar refractivity (Wildman–Crippen MR) is 197 cm³/mol. The summed E-state index contributed by atoms with van der Waals surface area (Å²) in [7, 11) is 1.23. The predicted octanol–water partition coefficient (Wildman–Crippen LogP) is 9.72. The molecule has 0 spiro atoms. The fourth-order valence-electron chi connectivity index (χ4n) is 5.61. The van der Waals surface area contributed by atoms with E-state index < -0.39 is 29.3 Å². The maximum Gasteiger partial charge on any atom is 0.338 e. The number of halogens is 3. The quantitative estimate of drug-likeness (QED) is 0.0547. The third-order valence-corrected chi connectivity index (χ3v) is 9.19. The average Bonchev–Trinajstić information content (AvgIpc) is 3.58. The van der Waals surface area contributed by atoms with Crippen LogP contribution in [-0.2, 0) is 9.47 Å². The zero-order valence-corrected chi connectivity index (χ0v) is 30.5. The van der Waals surface area contributed by atoms with Gasteiger partial charge in [0.15, 0.2) is 23.3 Å². The van der Waals surface area contributed by atoms with Crippen LogP contribution in [0, 0.1) is 0 Å². The summed E-state index contributed by atoms with van der Waals surface area (Å²) < 4.78 is 12.1. The molecule has 0 atom stereocenters. The Morgan fingerprint density at radius 3 is 1.86 bits per heavy atom. The molecule has 2 heterocycles. The van der Waals surface area contributed by atoms with Gasteiger partial charge in [0.2, 0.25) is 0 Å². The van der Waals surface area contributed by atoms with Crippen LogP contribution in [0.25, 0.3) is 11.4 Å². The van der Waals surface area contributed by atoms with E-state index >= 15 is 0 Å². The van der Waals surface area contributed by atoms with Crippen molar-refractivity contribution in [1.82, 2.24) is 14.3 Å². The van der Waals surface area contributed by atoms with Crippen molar-refractivity contribution in [1.29, 1.82) is 0 Å². The molecule has 4 rings (SSSR count). The zero-order valence-electron chi connectivity index (χ0n) is 28.2. The molecule has 0 saturated heterocycles. The second kappa shape index (κ2) is 18.8. The molecule has 0 saturated carbocycles. The minimum absolute atomic E-state index is 0.00862. The van der Waals surface area contributed by atoms with E-state index in [9.17, 15) is 24.6 Å². The normalized spacial score (nSPS) is 11.1. The second-order valence-corrected chi connectivity index (χ2v) is 13.2. The van der Waals surface area contributed by atoms with Gasteiger partial charge in [-0.15, -0.1) is 0 Å². The number of nitrogens with one attached hydrogen (secondary N) is 2. The summed E-state index contributed by atoms with van der Waals surface area (Å²) in [6, 6.07) is 9.39. The number of hydrogen-bond acceptors (Lipinski definition) is 8. The van der Waals surface area contributed by atoms with Gasteiger partial charge < -0.3 is 25.0 Å². The van der Waals surface area contributed by atoms with Crippen LogP contribution in [-0.4, -0.2) is 50.2 Å². The van der Waals surface area contributed by atoms with Crippen LogP contribution in [0.4, 0.5) is 11.5 Å². The Labute approximate surface area is 306 Å². The number of aromatic hydroxyl groups is 2. The Bertz CT molecular complexity index is 1790. The van der Waals surface area contributed by atoms with Gasteiger partial charge in [-0.05, 0) is 36.8 Å². The Kier molecular flexibility index (Phi) is 14.6. The number of unbranched alkanes of at least 4 members (excludes halogenated alkanes) is 11. The van der Waals surface area contributed by atoms with Crippen molar-refractivity contribution in [2.24, 2.45) is 0 Å². The number of benzene rings is 2. The fourth-order valence-corrected chi connectivity index (χ4v) is 6.43. The number of aromatic amines is 1. The minimum Gasteiger partial charge on any atom is -0.494 e. The number of rotatable bonds is 19. The molecule has 14 heteroatoms. The van der Waals surface area contributed by atoms with Crippen molar-refractivity contribution >= 4 is 58.2 Å². The molecule has 0 bridgehead atoms. The van der Waals surface area contributed by atoms with Gasteiger partial charge in [0.05, 0.1) is 45.6 Å². The van der Waals surface area contributed by atoms with Crippen LogP contribution < -0.4 is 10.9 Å². The lowest BCUT2D eigenvalue weighted by Gasteiger charge is -2.12. The van der Waals surface area contributed by atoms with Crippen LogP contribution in [0.15, 0.2) is 47.3 Å².